The third kappa shape index (κ3) is 3.19. The highest BCUT2D eigenvalue weighted by atomic mass is 16.6. The minimum absolute atomic E-state index is 0.141. The molecule has 0 spiro atoms. The Morgan fingerprint density at radius 2 is 2.19 bits per heavy atom. The first-order valence-electron chi connectivity index (χ1n) is 6.18. The summed E-state index contributed by atoms with van der Waals surface area (Å²) >= 11 is 0. The number of aliphatic hydroxyl groups is 3. The van der Waals surface area contributed by atoms with Gasteiger partial charge in [-0.05, 0) is 6.07 Å². The smallest absolute Gasteiger partial charge is 0.351 e. The Kier molecular flexibility index (Phi) is 4.53. The van der Waals surface area contributed by atoms with Crippen LogP contribution in [-0.2, 0) is 9.53 Å². The third-order valence-electron chi connectivity index (χ3n) is 3.07. The predicted molar refractivity (Wildman–Crippen MR) is 69.2 cm³/mol. The molecular formula is C11H16N4O6. The van der Waals surface area contributed by atoms with Crippen LogP contribution >= 0.6 is 0 Å². The molecule has 2 unspecified atom stereocenters. The van der Waals surface area contributed by atoms with Crippen LogP contribution in [0.4, 0.5) is 5.82 Å². The molecule has 10 nitrogen and oxygen atoms in total. The van der Waals surface area contributed by atoms with E-state index in [1.165, 1.54) is 12.3 Å². The number of hydrogen-bond donors (Lipinski definition) is 5. The number of carbonyl (C=O) groups excluding carboxylic acids is 1. The molecule has 0 aliphatic carbocycles. The maximum absolute atomic E-state index is 11.9. The van der Waals surface area contributed by atoms with Gasteiger partial charge in [0.1, 0.15) is 24.1 Å². The first-order chi connectivity index (χ1) is 9.93. The largest absolute Gasteiger partial charge is 0.394 e. The standard InChI is InChI=1S/C11H16N4O6/c12-6(17)3-13-7-1-2-15(11(20)14-7)10-9(19)8(18)5(4-16)21-10/h1-2,5,8-10,16,18-19H,3-4H2,(H2,12,17)(H,13,14,20)/t5-,8?,9?,10-/m1/s1. The van der Waals surface area contributed by atoms with Crippen LogP contribution in [0.1, 0.15) is 6.23 Å². The zero-order valence-electron chi connectivity index (χ0n) is 10.9. The maximum Gasteiger partial charge on any atom is 0.351 e. The molecule has 2 rings (SSSR count). The summed E-state index contributed by atoms with van der Waals surface area (Å²) in [4.78, 5) is 26.2. The highest BCUT2D eigenvalue weighted by molar-refractivity contribution is 5.78. The number of nitrogens with one attached hydrogen (secondary N) is 1. The lowest BCUT2D eigenvalue weighted by atomic mass is 10.1. The van der Waals surface area contributed by atoms with Crippen molar-refractivity contribution in [2.24, 2.45) is 5.73 Å². The fourth-order valence-electron chi connectivity index (χ4n) is 1.99. The van der Waals surface area contributed by atoms with E-state index in [0.29, 0.717) is 0 Å². The number of nitrogens with zero attached hydrogens (tertiary/aromatic N) is 2. The highest BCUT2D eigenvalue weighted by Crippen LogP contribution is 2.27. The number of hydrogen-bond acceptors (Lipinski definition) is 8. The van der Waals surface area contributed by atoms with Crippen molar-refractivity contribution in [3.8, 4) is 0 Å². The molecule has 116 valence electrons. The zero-order valence-corrected chi connectivity index (χ0v) is 10.9. The van der Waals surface area contributed by atoms with E-state index in [-0.39, 0.29) is 12.4 Å². The Labute approximate surface area is 118 Å². The van der Waals surface area contributed by atoms with Crippen molar-refractivity contribution in [2.45, 2.75) is 24.5 Å². The maximum atomic E-state index is 11.9. The molecule has 0 radical (unpaired) electrons. The van der Waals surface area contributed by atoms with Gasteiger partial charge < -0.3 is 31.1 Å². The fourth-order valence-corrected chi connectivity index (χ4v) is 1.99. The number of carbonyl (C=O) groups is 1. The molecule has 1 fully saturated rings. The van der Waals surface area contributed by atoms with Crippen molar-refractivity contribution in [3.05, 3.63) is 22.7 Å². The van der Waals surface area contributed by atoms with Gasteiger partial charge in [-0.3, -0.25) is 9.36 Å². The first kappa shape index (κ1) is 15.4. The second-order valence-electron chi connectivity index (χ2n) is 4.55. The molecule has 1 aromatic rings. The van der Waals surface area contributed by atoms with Crippen LogP contribution in [0.25, 0.3) is 0 Å². The number of ether oxygens (including phenoxy) is 1. The number of nitrogens with two attached hydrogens (primary N) is 1. The first-order valence-corrected chi connectivity index (χ1v) is 6.18. The van der Waals surface area contributed by atoms with Gasteiger partial charge in [0.2, 0.25) is 5.91 Å². The molecular weight excluding hydrogens is 284 g/mol. The van der Waals surface area contributed by atoms with E-state index in [0.717, 1.165) is 4.57 Å². The van der Waals surface area contributed by atoms with Crippen LogP contribution in [0, 0.1) is 0 Å². The van der Waals surface area contributed by atoms with Gasteiger partial charge in [0.05, 0.1) is 13.2 Å². The van der Waals surface area contributed by atoms with Gasteiger partial charge in [0.25, 0.3) is 0 Å². The summed E-state index contributed by atoms with van der Waals surface area (Å²) in [6, 6.07) is 1.39. The molecule has 1 aromatic heterocycles. The fraction of sp³-hybridized carbons (Fsp3) is 0.545. The Hall–Kier alpha value is -2.01. The molecule has 0 aromatic carbocycles. The van der Waals surface area contributed by atoms with Crippen molar-refractivity contribution < 1.29 is 24.9 Å². The van der Waals surface area contributed by atoms with Crippen molar-refractivity contribution in [3.63, 3.8) is 0 Å². The molecule has 0 saturated carbocycles. The van der Waals surface area contributed by atoms with E-state index >= 15 is 0 Å². The molecule has 6 N–H and O–H groups in total. The average molecular weight is 300 g/mol. The second kappa shape index (κ2) is 6.18. The van der Waals surface area contributed by atoms with E-state index in [1.54, 1.807) is 0 Å². The third-order valence-corrected chi connectivity index (χ3v) is 3.07. The minimum atomic E-state index is -1.37. The van der Waals surface area contributed by atoms with Crippen LogP contribution in [0.5, 0.6) is 0 Å². The Balaban J connectivity index is 2.18. The summed E-state index contributed by atoms with van der Waals surface area (Å²) in [5.74, 6) is -0.466. The minimum Gasteiger partial charge on any atom is -0.394 e. The Morgan fingerprint density at radius 1 is 1.48 bits per heavy atom. The van der Waals surface area contributed by atoms with Crippen molar-refractivity contribution in [1.82, 2.24) is 9.55 Å². The Morgan fingerprint density at radius 3 is 2.71 bits per heavy atom. The molecule has 10 heteroatoms. The molecule has 21 heavy (non-hydrogen) atoms. The SMILES string of the molecule is NC(=O)CNc1ccn([C@@H]2O[C@H](CO)C(O)C2O)c(=O)n1. The van der Waals surface area contributed by atoms with Crippen LogP contribution < -0.4 is 16.7 Å². The number of primary amides is 1. The predicted octanol–water partition coefficient (Wildman–Crippen LogP) is -3.25. The molecule has 1 aliphatic rings. The van der Waals surface area contributed by atoms with Crippen LogP contribution in [-0.4, -0.2) is 62.2 Å². The summed E-state index contributed by atoms with van der Waals surface area (Å²) in [6.07, 6.45) is -3.52. The highest BCUT2D eigenvalue weighted by Gasteiger charge is 2.43. The summed E-state index contributed by atoms with van der Waals surface area (Å²) < 4.78 is 6.20. The van der Waals surface area contributed by atoms with Gasteiger partial charge in [-0.1, -0.05) is 0 Å². The number of aromatic nitrogens is 2. The Bertz CT molecular complexity index is 576. The van der Waals surface area contributed by atoms with E-state index in [2.05, 4.69) is 10.3 Å². The quantitative estimate of drug-likeness (QED) is 0.379. The van der Waals surface area contributed by atoms with Gasteiger partial charge in [0.15, 0.2) is 6.23 Å². The van der Waals surface area contributed by atoms with Crippen molar-refractivity contribution in [2.75, 3.05) is 18.5 Å². The average Bonchev–Trinajstić information content (AvgIpc) is 2.73. The lowest BCUT2D eigenvalue weighted by Crippen LogP contribution is -2.36. The monoisotopic (exact) mass is 300 g/mol. The van der Waals surface area contributed by atoms with E-state index < -0.39 is 42.7 Å². The van der Waals surface area contributed by atoms with Gasteiger partial charge in [-0.25, -0.2) is 4.79 Å². The number of rotatable bonds is 5. The van der Waals surface area contributed by atoms with Crippen LogP contribution in [0.3, 0.4) is 0 Å². The van der Waals surface area contributed by atoms with E-state index in [9.17, 15) is 19.8 Å². The number of amides is 1. The summed E-state index contributed by atoms with van der Waals surface area (Å²) in [5, 5.41) is 31.0. The van der Waals surface area contributed by atoms with Crippen LogP contribution in [0.2, 0.25) is 0 Å². The normalized spacial score (nSPS) is 28.5. The lowest BCUT2D eigenvalue weighted by molar-refractivity contribution is -0.116. The molecule has 1 saturated heterocycles. The summed E-state index contributed by atoms with van der Waals surface area (Å²) in [5.41, 5.74) is 4.20. The molecule has 4 atom stereocenters. The topological polar surface area (TPSA) is 160 Å². The summed E-state index contributed by atoms with van der Waals surface area (Å²) in [7, 11) is 0. The van der Waals surface area contributed by atoms with E-state index in [4.69, 9.17) is 15.6 Å². The van der Waals surface area contributed by atoms with Gasteiger partial charge in [0, 0.05) is 6.20 Å². The zero-order chi connectivity index (χ0) is 15.6. The molecule has 2 heterocycles. The molecule has 1 amide bonds. The van der Waals surface area contributed by atoms with E-state index in [1.807, 2.05) is 0 Å². The van der Waals surface area contributed by atoms with Gasteiger partial charge in [-0.15, -0.1) is 0 Å². The molecule has 0 bridgehead atoms. The summed E-state index contributed by atoms with van der Waals surface area (Å²) in [6.45, 7) is -0.667. The molecule has 1 aliphatic heterocycles. The van der Waals surface area contributed by atoms with Gasteiger partial charge in [-0.2, -0.15) is 4.98 Å². The second-order valence-corrected chi connectivity index (χ2v) is 4.55. The van der Waals surface area contributed by atoms with Gasteiger partial charge >= 0.3 is 5.69 Å². The number of anilines is 1. The number of aliphatic hydroxyl groups excluding tert-OH is 3. The lowest BCUT2D eigenvalue weighted by Gasteiger charge is -2.17. The van der Waals surface area contributed by atoms with Crippen LogP contribution in [0.15, 0.2) is 17.1 Å². The van der Waals surface area contributed by atoms with Crippen molar-refractivity contribution in [1.29, 1.82) is 0 Å². The van der Waals surface area contributed by atoms with Crippen molar-refractivity contribution >= 4 is 11.7 Å².